The van der Waals surface area contributed by atoms with Gasteiger partial charge in [-0.3, -0.25) is 9.48 Å². The van der Waals surface area contributed by atoms with Gasteiger partial charge < -0.3 is 9.42 Å². The van der Waals surface area contributed by atoms with Gasteiger partial charge in [-0.15, -0.1) is 0 Å². The van der Waals surface area contributed by atoms with Gasteiger partial charge in [-0.05, 0) is 31.0 Å². The first-order valence-electron chi connectivity index (χ1n) is 8.55. The Balaban J connectivity index is 1.80. The minimum atomic E-state index is -0.300. The molecule has 1 atom stereocenters. The van der Waals surface area contributed by atoms with Crippen molar-refractivity contribution >= 4 is 5.91 Å². The van der Waals surface area contributed by atoms with Crippen molar-refractivity contribution in [1.29, 1.82) is 0 Å². The van der Waals surface area contributed by atoms with Crippen molar-refractivity contribution in [3.63, 3.8) is 0 Å². The van der Waals surface area contributed by atoms with Crippen molar-refractivity contribution in [3.05, 3.63) is 59.8 Å². The molecule has 0 fully saturated rings. The molecule has 0 saturated heterocycles. The van der Waals surface area contributed by atoms with E-state index in [0.29, 0.717) is 12.2 Å². The van der Waals surface area contributed by atoms with Gasteiger partial charge in [0.1, 0.15) is 5.82 Å². The maximum absolute atomic E-state index is 13.2. The van der Waals surface area contributed by atoms with Crippen LogP contribution in [-0.4, -0.2) is 32.8 Å². The molecule has 7 heteroatoms. The van der Waals surface area contributed by atoms with Crippen LogP contribution in [0.15, 0.2) is 47.2 Å². The van der Waals surface area contributed by atoms with Crippen LogP contribution in [0.1, 0.15) is 42.4 Å². The van der Waals surface area contributed by atoms with Crippen molar-refractivity contribution in [2.75, 3.05) is 7.05 Å². The molecular formula is C19H21FN4O2. The van der Waals surface area contributed by atoms with E-state index in [2.05, 4.69) is 10.3 Å². The van der Waals surface area contributed by atoms with Gasteiger partial charge in [0.15, 0.2) is 11.5 Å². The third kappa shape index (κ3) is 3.51. The number of hydrogen-bond donors (Lipinski definition) is 0. The van der Waals surface area contributed by atoms with Gasteiger partial charge in [0.25, 0.3) is 5.91 Å². The summed E-state index contributed by atoms with van der Waals surface area (Å²) in [7, 11) is 1.71. The topological polar surface area (TPSA) is 64.2 Å². The van der Waals surface area contributed by atoms with E-state index in [4.69, 9.17) is 4.52 Å². The first-order chi connectivity index (χ1) is 12.5. The first kappa shape index (κ1) is 17.8. The molecule has 3 aromatic rings. The molecule has 0 spiro atoms. The number of carbonyl (C=O) groups excluding carboxylic acids is 1. The second-order valence-corrected chi connectivity index (χ2v) is 6.05. The van der Waals surface area contributed by atoms with Crippen LogP contribution in [0.3, 0.4) is 0 Å². The van der Waals surface area contributed by atoms with Gasteiger partial charge in [0, 0.05) is 25.9 Å². The van der Waals surface area contributed by atoms with E-state index in [1.165, 1.54) is 12.1 Å². The zero-order valence-corrected chi connectivity index (χ0v) is 15.0. The summed E-state index contributed by atoms with van der Waals surface area (Å²) in [5, 5.41) is 8.10. The minimum Gasteiger partial charge on any atom is -0.355 e. The number of carbonyl (C=O) groups is 1. The average molecular weight is 356 g/mol. The molecule has 3 rings (SSSR count). The van der Waals surface area contributed by atoms with Crippen LogP contribution in [0, 0.1) is 5.82 Å². The normalized spacial score (nSPS) is 12.2. The molecular weight excluding hydrogens is 335 g/mol. The molecule has 0 radical (unpaired) electrons. The Morgan fingerprint density at radius 3 is 2.65 bits per heavy atom. The Morgan fingerprint density at radius 2 is 2.04 bits per heavy atom. The summed E-state index contributed by atoms with van der Waals surface area (Å²) >= 11 is 0. The van der Waals surface area contributed by atoms with Crippen LogP contribution < -0.4 is 0 Å². The quantitative estimate of drug-likeness (QED) is 0.671. The summed E-state index contributed by atoms with van der Waals surface area (Å²) in [6.07, 6.45) is 4.21. The van der Waals surface area contributed by atoms with E-state index in [1.807, 2.05) is 20.0 Å². The number of nitrogens with zero attached hydrogens (tertiary/aromatic N) is 4. The van der Waals surface area contributed by atoms with Crippen LogP contribution in [0.4, 0.5) is 4.39 Å². The molecule has 0 unspecified atom stereocenters. The van der Waals surface area contributed by atoms with Gasteiger partial charge in [-0.25, -0.2) is 4.39 Å². The largest absolute Gasteiger partial charge is 0.355 e. The molecule has 2 aromatic heterocycles. The number of halogens is 1. The van der Waals surface area contributed by atoms with Gasteiger partial charge >= 0.3 is 0 Å². The lowest BCUT2D eigenvalue weighted by Gasteiger charge is -2.27. The molecule has 0 aliphatic carbocycles. The maximum atomic E-state index is 13.2. The zero-order valence-electron chi connectivity index (χ0n) is 15.0. The molecule has 0 bridgehead atoms. The lowest BCUT2D eigenvalue weighted by atomic mass is 10.0. The van der Waals surface area contributed by atoms with E-state index in [0.717, 1.165) is 17.7 Å². The summed E-state index contributed by atoms with van der Waals surface area (Å²) in [5.41, 5.74) is 1.87. The highest BCUT2D eigenvalue weighted by atomic mass is 19.1. The first-order valence-corrected chi connectivity index (χ1v) is 8.55. The Bertz CT molecular complexity index is 885. The molecule has 0 aliphatic rings. The van der Waals surface area contributed by atoms with E-state index < -0.39 is 0 Å². The summed E-state index contributed by atoms with van der Waals surface area (Å²) in [6.45, 7) is 4.71. The standard InChI is InChI=1S/C19H21FN4O2/c1-4-17(13-6-8-15(20)9-7-13)23(3)19(25)16-10-18(26-22-16)14-11-21-24(5-2)12-14/h6-12,17H,4-5H2,1-3H3/t17-/m1/s1. The van der Waals surface area contributed by atoms with E-state index in [-0.39, 0.29) is 23.5 Å². The second kappa shape index (κ2) is 7.51. The molecule has 0 saturated carbocycles. The fourth-order valence-corrected chi connectivity index (χ4v) is 2.92. The lowest BCUT2D eigenvalue weighted by molar-refractivity contribution is 0.0715. The molecule has 1 amide bonds. The number of rotatable bonds is 6. The van der Waals surface area contributed by atoms with Gasteiger partial charge in [0.05, 0.1) is 17.8 Å². The van der Waals surface area contributed by atoms with Crippen LogP contribution in [0.2, 0.25) is 0 Å². The smallest absolute Gasteiger partial charge is 0.276 e. The number of hydrogen-bond acceptors (Lipinski definition) is 4. The Morgan fingerprint density at radius 1 is 1.31 bits per heavy atom. The molecule has 0 aliphatic heterocycles. The highest BCUT2D eigenvalue weighted by Crippen LogP contribution is 2.26. The number of aryl methyl sites for hydroxylation is 1. The third-order valence-electron chi connectivity index (χ3n) is 4.40. The van der Waals surface area contributed by atoms with Crippen LogP contribution in [0.5, 0.6) is 0 Å². The lowest BCUT2D eigenvalue weighted by Crippen LogP contribution is -2.31. The molecule has 1 aromatic carbocycles. The van der Waals surface area contributed by atoms with Crippen molar-refractivity contribution in [1.82, 2.24) is 19.8 Å². The third-order valence-corrected chi connectivity index (χ3v) is 4.40. The SMILES string of the molecule is CC[C@H](c1ccc(F)cc1)N(C)C(=O)c1cc(-c2cnn(CC)c2)on1. The van der Waals surface area contributed by atoms with Gasteiger partial charge in [-0.2, -0.15) is 5.10 Å². The molecule has 0 N–H and O–H groups in total. The van der Waals surface area contributed by atoms with Crippen molar-refractivity contribution in [3.8, 4) is 11.3 Å². The maximum Gasteiger partial charge on any atom is 0.276 e. The summed E-state index contributed by atoms with van der Waals surface area (Å²) in [6, 6.07) is 7.63. The van der Waals surface area contributed by atoms with Crippen LogP contribution in [0.25, 0.3) is 11.3 Å². The van der Waals surface area contributed by atoms with Crippen molar-refractivity contribution in [2.24, 2.45) is 0 Å². The predicted octanol–water partition coefficient (Wildman–Crippen LogP) is 3.92. The van der Waals surface area contributed by atoms with E-state index in [1.54, 1.807) is 41.0 Å². The number of aromatic nitrogens is 3. The van der Waals surface area contributed by atoms with Crippen molar-refractivity contribution < 1.29 is 13.7 Å². The predicted molar refractivity (Wildman–Crippen MR) is 94.9 cm³/mol. The molecule has 26 heavy (non-hydrogen) atoms. The van der Waals surface area contributed by atoms with Crippen molar-refractivity contribution in [2.45, 2.75) is 32.9 Å². The fraction of sp³-hybridized carbons (Fsp3) is 0.316. The average Bonchev–Trinajstić information content (AvgIpc) is 3.32. The molecule has 136 valence electrons. The molecule has 2 heterocycles. The summed E-state index contributed by atoms with van der Waals surface area (Å²) in [5.74, 6) is -0.0540. The Kier molecular flexibility index (Phi) is 5.16. The zero-order chi connectivity index (χ0) is 18.7. The number of amides is 1. The fourth-order valence-electron chi connectivity index (χ4n) is 2.92. The Hall–Kier alpha value is -2.96. The monoisotopic (exact) mass is 356 g/mol. The van der Waals surface area contributed by atoms with E-state index >= 15 is 0 Å². The highest BCUT2D eigenvalue weighted by molar-refractivity contribution is 5.93. The second-order valence-electron chi connectivity index (χ2n) is 6.05. The number of benzene rings is 1. The van der Waals surface area contributed by atoms with E-state index in [9.17, 15) is 9.18 Å². The van der Waals surface area contributed by atoms with Gasteiger partial charge in [0.2, 0.25) is 0 Å². The summed E-state index contributed by atoms with van der Waals surface area (Å²) < 4.78 is 20.2. The highest BCUT2D eigenvalue weighted by Gasteiger charge is 2.24. The molecule has 6 nitrogen and oxygen atoms in total. The van der Waals surface area contributed by atoms with Crippen LogP contribution >= 0.6 is 0 Å². The Labute approximate surface area is 151 Å². The van der Waals surface area contributed by atoms with Gasteiger partial charge in [-0.1, -0.05) is 24.2 Å². The van der Waals surface area contributed by atoms with Crippen LogP contribution in [-0.2, 0) is 6.54 Å². The summed E-state index contributed by atoms with van der Waals surface area (Å²) in [4.78, 5) is 14.4. The minimum absolute atomic E-state index is 0.175.